The van der Waals surface area contributed by atoms with E-state index in [2.05, 4.69) is 470 Å². The van der Waals surface area contributed by atoms with Crippen molar-refractivity contribution >= 4 is 111 Å². The highest BCUT2D eigenvalue weighted by Gasteiger charge is 2.57. The molecule has 2 saturated carbocycles. The van der Waals surface area contributed by atoms with Crippen LogP contribution in [0.1, 0.15) is 144 Å². The fourth-order valence-corrected chi connectivity index (χ4v) is 58.0. The van der Waals surface area contributed by atoms with Crippen molar-refractivity contribution in [3.63, 3.8) is 0 Å². The van der Waals surface area contributed by atoms with Crippen molar-refractivity contribution in [3.8, 4) is 89.5 Å². The van der Waals surface area contributed by atoms with E-state index >= 15 is 0 Å². The second-order valence-electron chi connectivity index (χ2n) is 45.6. The van der Waals surface area contributed by atoms with Gasteiger partial charge in [0.15, 0.2) is 24.8 Å². The fraction of sp³-hybridized carbons (Fsp3) is 0.292. The third-order valence-corrected chi connectivity index (χ3v) is 61.6. The minimum atomic E-state index is -1.81. The molecule has 8 aliphatic rings. The minimum Gasteiger partial charge on any atom is -0.201 e. The molecule has 0 radical (unpaired) electrons. The van der Waals surface area contributed by atoms with Gasteiger partial charge in [0.2, 0.25) is 22.8 Å². The van der Waals surface area contributed by atoms with Crippen LogP contribution < -0.4 is 80.5 Å². The molecule has 4 spiro atoms. The second kappa shape index (κ2) is 36.5. The van der Waals surface area contributed by atoms with E-state index in [4.69, 9.17) is 0 Å². The first-order chi connectivity index (χ1) is 67.3. The maximum atomic E-state index is 2.71. The fourth-order valence-electron chi connectivity index (χ4n) is 28.0. The highest BCUT2D eigenvalue weighted by atomic mass is 28.3. The average molecular weight is 1930 g/mol. The monoisotopic (exact) mass is 1930 g/mol. The Morgan fingerprint density at radius 1 is 0.193 bits per heavy atom. The summed E-state index contributed by atoms with van der Waals surface area (Å²) < 4.78 is 9.14. The molecule has 0 bridgehead atoms. The molecule has 0 atom stereocenters. The molecule has 0 unspecified atom stereocenters. The van der Waals surface area contributed by atoms with Crippen LogP contribution in [0.2, 0.25) is 76.6 Å². The first kappa shape index (κ1) is 94.8. The average Bonchev–Trinajstić information content (AvgIpc) is 1.56. The highest BCUT2D eigenvalue weighted by molar-refractivity contribution is 7.18. The summed E-state index contributed by atoms with van der Waals surface area (Å²) in [7, 11) is -1.70. The summed E-state index contributed by atoms with van der Waals surface area (Å²) in [5.74, 6) is 0. The van der Waals surface area contributed by atoms with Gasteiger partial charge in [-0.25, -0.2) is 18.3 Å². The van der Waals surface area contributed by atoms with E-state index in [1.807, 2.05) is 0 Å². The summed E-state index contributed by atoms with van der Waals surface area (Å²) in [6, 6.07) is 119. The van der Waals surface area contributed by atoms with Crippen LogP contribution in [0.25, 0.3) is 89.5 Å². The van der Waals surface area contributed by atoms with E-state index in [1.165, 1.54) is 235 Å². The number of nitrogens with zero attached hydrogens (tertiary/aromatic N) is 4. The quantitative estimate of drug-likeness (QED) is 0.106. The molecule has 0 amide bonds. The Morgan fingerprint density at radius 2 is 0.457 bits per heavy atom. The molecule has 0 N–H and O–H groups in total. The van der Waals surface area contributed by atoms with Crippen molar-refractivity contribution in [1.82, 2.24) is 0 Å². The summed E-state index contributed by atoms with van der Waals surface area (Å²) in [5, 5.41) is 20.4. The van der Waals surface area contributed by atoms with Gasteiger partial charge in [-0.2, -0.15) is 0 Å². The normalized spacial score (nSPS) is 17.3. The van der Waals surface area contributed by atoms with Crippen LogP contribution in [-0.2, 0) is 39.0 Å². The van der Waals surface area contributed by atoms with Gasteiger partial charge in [-0.1, -0.05) is 403 Å². The van der Waals surface area contributed by atoms with Gasteiger partial charge in [0.05, 0.1) is 0 Å². The van der Waals surface area contributed by atoms with Crippen LogP contribution in [0, 0.1) is 55.4 Å². The molecule has 12 aromatic carbocycles. The second-order valence-corrected chi connectivity index (χ2v) is 71.4. The summed E-state index contributed by atoms with van der Waals surface area (Å²) in [5.41, 5.74) is 39.2. The largest absolute Gasteiger partial charge is 0.213 e. The molecule has 4 fully saturated rings. The van der Waals surface area contributed by atoms with E-state index in [-0.39, 0.29) is 10.8 Å². The number of hydrogen-bond acceptors (Lipinski definition) is 0. The molecule has 24 rings (SSSR count). The number of pyridine rings is 4. The van der Waals surface area contributed by atoms with Crippen LogP contribution >= 0.6 is 0 Å². The third-order valence-electron chi connectivity index (χ3n) is 35.7. The van der Waals surface area contributed by atoms with Gasteiger partial charge in [-0.05, 0) is 224 Å². The predicted molar refractivity (Wildman–Crippen MR) is 611 cm³/mol. The highest BCUT2D eigenvalue weighted by Crippen LogP contribution is 2.56. The van der Waals surface area contributed by atoms with Crippen molar-refractivity contribution in [1.29, 1.82) is 0 Å². The van der Waals surface area contributed by atoms with Crippen molar-refractivity contribution in [2.24, 2.45) is 28.2 Å². The van der Waals surface area contributed by atoms with Crippen LogP contribution in [0.5, 0.6) is 0 Å². The number of aryl methyl sites for hydroxylation is 12. The molecular formula is C130H144N4Si6+4. The Morgan fingerprint density at radius 3 is 0.871 bits per heavy atom. The molecule has 2 aliphatic carbocycles. The topological polar surface area (TPSA) is 15.5 Å². The van der Waals surface area contributed by atoms with E-state index in [0.29, 0.717) is 0 Å². The molecule has 10 heterocycles. The van der Waals surface area contributed by atoms with Crippen molar-refractivity contribution in [2.45, 2.75) is 220 Å². The first-order valence-electron chi connectivity index (χ1n) is 52.6. The lowest BCUT2D eigenvalue weighted by atomic mass is 9.65. The van der Waals surface area contributed by atoms with Crippen molar-refractivity contribution < 1.29 is 18.3 Å². The Balaban J connectivity index is 0.000000111. The zero-order valence-electron chi connectivity index (χ0n) is 87.1. The van der Waals surface area contributed by atoms with Gasteiger partial charge in [-0.15, -0.1) is 0 Å². The van der Waals surface area contributed by atoms with Crippen LogP contribution in [0.3, 0.4) is 0 Å². The van der Waals surface area contributed by atoms with Gasteiger partial charge < -0.3 is 0 Å². The molecule has 704 valence electrons. The van der Waals surface area contributed by atoms with E-state index in [9.17, 15) is 0 Å². The summed E-state index contributed by atoms with van der Waals surface area (Å²) in [4.78, 5) is 0. The molecule has 2 saturated heterocycles. The van der Waals surface area contributed by atoms with E-state index < -0.39 is 48.4 Å². The molecule has 6 aliphatic heterocycles. The number of hydrogen-bond donors (Lipinski definition) is 0. The lowest BCUT2D eigenvalue weighted by Crippen LogP contribution is -2.78. The number of rotatable bonds is 8. The lowest BCUT2D eigenvalue weighted by Gasteiger charge is -2.51. The molecule has 4 aromatic heterocycles. The Bertz CT molecular complexity index is 7420. The summed E-state index contributed by atoms with van der Waals surface area (Å²) >= 11 is 0. The predicted octanol–water partition coefficient (Wildman–Crippen LogP) is 22.8. The molecular weight excluding hydrogens is 1790 g/mol. The SMILES string of the molecule is Cc1c[n+](C)c(-c2ccccc2C)cc1-c1ccc2c(c1)C1(CC1)c1ccccc1[Si]2(C)C.Cc1c[n+](C)c(-c2ccccc2C)cc1-c1ccc2c(c1)[Si](C)(C)c1ccccc1[Si]2(C)C.Cc1c[n+](C)c(-c2ccccc2C)cc1-c1ccc2c(c1)[Si]1(CCCC1)c1ccccc1[Si]2(C)C.Cc1c[n+](C)c(-c2ccccc2C)cc1-c1ccc2c(c1)[Si]1(CCCCC1)c1ccccc1C21CCCCC1. The molecule has 140 heavy (non-hydrogen) atoms. The van der Waals surface area contributed by atoms with Gasteiger partial charge in [0, 0.05) is 79.6 Å². The standard InChI is InChI=1S/C37H42NSi.C32H36NSi2.C31H32NSi.C30H34NSi2/c1-27-14-6-7-15-30(27)34-25-31(28(2)26-38(34)3)29-18-19-33-36(24-29)39(22-12-5-13-23-39)35-17-9-8-16-32(35)37(33)20-10-4-11-21-37;1-23-12-6-7-13-26(23)28-21-27(24(2)22-33(28)3)25-16-17-30-32(20-25)35(18-10-11-19-35)31-15-9-8-14-29(31)34(30,4)5;1-21-10-6-7-11-24(21)28-19-25(22(2)20-32(28)3)23-14-15-30-27(18-23)31(16-17-31)26-12-8-9-13-29(26)33(30,4)5;1-21-12-8-9-13-24(21)26-19-25(22(2)20-31(26)3)23-16-17-29-30(18-23)33(6,7)28-15-11-10-14-27(28)32(29,4)5/h6-9,14-19,24-26H,4-5,10-13,20-23H2,1-3H3;6-9,12-17,20-22H,10-11,18-19H2,1-5H3;6-15,18-20H,16-17H2,1-5H3;8-20H,1-7H3/q4*+1. The van der Waals surface area contributed by atoms with Gasteiger partial charge >= 0.3 is 0 Å². The molecule has 16 aromatic rings. The molecule has 4 nitrogen and oxygen atoms in total. The van der Waals surface area contributed by atoms with Crippen molar-refractivity contribution in [2.75, 3.05) is 0 Å². The Labute approximate surface area is 842 Å². The van der Waals surface area contributed by atoms with Crippen LogP contribution in [0.15, 0.2) is 316 Å². The maximum Gasteiger partial charge on any atom is 0.213 e. The third kappa shape index (κ3) is 15.9. The Kier molecular flexibility index (Phi) is 24.7. The summed E-state index contributed by atoms with van der Waals surface area (Å²) in [6.45, 7) is 38.2. The minimum absolute atomic E-state index is 0.225. The first-order valence-corrected chi connectivity index (χ1v) is 69.4. The van der Waals surface area contributed by atoms with Crippen LogP contribution in [-0.4, -0.2) is 48.4 Å². The lowest BCUT2D eigenvalue weighted by molar-refractivity contribution is -0.660. The smallest absolute Gasteiger partial charge is 0.201 e. The zero-order chi connectivity index (χ0) is 97.5. The van der Waals surface area contributed by atoms with Crippen LogP contribution in [0.4, 0.5) is 0 Å². The van der Waals surface area contributed by atoms with Gasteiger partial charge in [0.25, 0.3) is 0 Å². The van der Waals surface area contributed by atoms with Crippen molar-refractivity contribution in [3.05, 3.63) is 383 Å². The zero-order valence-corrected chi connectivity index (χ0v) is 93.1. The molecule has 10 heteroatoms. The Hall–Kier alpha value is -11.5. The van der Waals surface area contributed by atoms with Gasteiger partial charge in [-0.3, -0.25) is 0 Å². The number of aromatic nitrogens is 4. The van der Waals surface area contributed by atoms with E-state index in [1.54, 1.807) is 84.5 Å². The summed E-state index contributed by atoms with van der Waals surface area (Å²) in [6.07, 6.45) is 25.5. The number of benzene rings is 12. The van der Waals surface area contributed by atoms with E-state index in [0.717, 1.165) is 0 Å². The van der Waals surface area contributed by atoms with Gasteiger partial charge in [0.1, 0.15) is 76.6 Å². The maximum absolute atomic E-state index is 2.71. The number of fused-ring (bicyclic) bond motifs is 16.